The highest BCUT2D eigenvalue weighted by molar-refractivity contribution is 7.98. The highest BCUT2D eigenvalue weighted by Gasteiger charge is 2.35. The van der Waals surface area contributed by atoms with E-state index in [-0.39, 0.29) is 12.3 Å². The van der Waals surface area contributed by atoms with Gasteiger partial charge in [0.1, 0.15) is 6.61 Å². The number of para-hydroxylation sites is 1. The lowest BCUT2D eigenvalue weighted by Crippen LogP contribution is -2.37. The van der Waals surface area contributed by atoms with Crippen molar-refractivity contribution in [3.05, 3.63) is 83.9 Å². The predicted octanol–water partition coefficient (Wildman–Crippen LogP) is 6.07. The van der Waals surface area contributed by atoms with Crippen molar-refractivity contribution in [1.82, 2.24) is 15.2 Å². The lowest BCUT2D eigenvalue weighted by molar-refractivity contribution is -0.120. The molecule has 0 radical (unpaired) electrons. The van der Waals surface area contributed by atoms with Gasteiger partial charge >= 0.3 is 0 Å². The number of carbonyl (C=O) groups excluding carboxylic acids is 1. The lowest BCUT2D eigenvalue weighted by Gasteiger charge is -2.31. The smallest absolute Gasteiger partial charge is 0.247 e. The predicted molar refractivity (Wildman–Crippen MR) is 147 cm³/mol. The van der Waals surface area contributed by atoms with Crippen LogP contribution < -0.4 is 19.1 Å². The van der Waals surface area contributed by atoms with E-state index in [1.807, 2.05) is 92.9 Å². The number of fused-ring (bicyclic) bond motifs is 3. The molecule has 0 bridgehead atoms. The number of rotatable bonds is 8. The summed E-state index contributed by atoms with van der Waals surface area (Å²) in [7, 11) is 0. The Hall–Kier alpha value is -4.11. The average molecular weight is 529 g/mol. The number of aromatic nitrogens is 3. The van der Waals surface area contributed by atoms with Crippen LogP contribution in [0.15, 0.2) is 78.0 Å². The number of hydrogen-bond donors (Lipinski definition) is 0. The fraction of sp³-hybridized carbons (Fsp3) is 0.241. The first-order chi connectivity index (χ1) is 18.6. The van der Waals surface area contributed by atoms with Crippen molar-refractivity contribution in [3.8, 4) is 28.6 Å². The Labute approximate surface area is 226 Å². The highest BCUT2D eigenvalue weighted by Crippen LogP contribution is 2.44. The number of benzene rings is 3. The third-order valence-electron chi connectivity index (χ3n) is 6.06. The Morgan fingerprint density at radius 3 is 2.53 bits per heavy atom. The SMILES string of the molecule is CCOc1cc(C2Oc3nc(SC)nnc3-c3ccccc3N2C(=O)CC)ccc1OCc1ccccc1. The zero-order chi connectivity index (χ0) is 26.5. The molecule has 0 spiro atoms. The van der Waals surface area contributed by atoms with E-state index in [4.69, 9.17) is 14.2 Å². The summed E-state index contributed by atoms with van der Waals surface area (Å²) in [4.78, 5) is 19.7. The Balaban J connectivity index is 1.59. The van der Waals surface area contributed by atoms with Crippen LogP contribution in [0.2, 0.25) is 0 Å². The monoisotopic (exact) mass is 528 g/mol. The Bertz CT molecular complexity index is 1430. The van der Waals surface area contributed by atoms with E-state index in [1.165, 1.54) is 11.8 Å². The van der Waals surface area contributed by atoms with Gasteiger partial charge in [0.15, 0.2) is 17.2 Å². The number of thioether (sulfide) groups is 1. The van der Waals surface area contributed by atoms with Crippen molar-refractivity contribution >= 4 is 23.4 Å². The molecular weight excluding hydrogens is 500 g/mol. The van der Waals surface area contributed by atoms with E-state index >= 15 is 0 Å². The van der Waals surface area contributed by atoms with Gasteiger partial charge in [-0.15, -0.1) is 10.2 Å². The van der Waals surface area contributed by atoms with Crippen LogP contribution in [0.25, 0.3) is 11.3 Å². The minimum atomic E-state index is -0.807. The molecule has 0 saturated carbocycles. The van der Waals surface area contributed by atoms with Crippen molar-refractivity contribution in [3.63, 3.8) is 0 Å². The van der Waals surface area contributed by atoms with E-state index in [9.17, 15) is 4.79 Å². The molecule has 1 amide bonds. The molecule has 1 aliphatic heterocycles. The molecule has 194 valence electrons. The normalized spacial score (nSPS) is 14.1. The van der Waals surface area contributed by atoms with Crippen LogP contribution in [-0.4, -0.2) is 34.0 Å². The molecule has 0 saturated heterocycles. The molecule has 8 nitrogen and oxygen atoms in total. The lowest BCUT2D eigenvalue weighted by atomic mass is 10.1. The molecule has 1 unspecified atom stereocenters. The van der Waals surface area contributed by atoms with E-state index in [0.29, 0.717) is 52.7 Å². The Kier molecular flexibility index (Phi) is 7.74. The van der Waals surface area contributed by atoms with Crippen LogP contribution in [0.5, 0.6) is 17.4 Å². The number of ether oxygens (including phenoxy) is 3. The second-order valence-electron chi connectivity index (χ2n) is 8.47. The maximum atomic E-state index is 13.4. The summed E-state index contributed by atoms with van der Waals surface area (Å²) >= 11 is 1.37. The third kappa shape index (κ3) is 5.15. The summed E-state index contributed by atoms with van der Waals surface area (Å²) in [6.45, 7) is 4.60. The molecule has 3 aromatic carbocycles. The molecule has 5 rings (SSSR count). The summed E-state index contributed by atoms with van der Waals surface area (Å²) in [5.41, 5.74) is 3.67. The van der Waals surface area contributed by atoms with Crippen LogP contribution in [0.1, 0.15) is 37.6 Å². The third-order valence-corrected chi connectivity index (χ3v) is 6.59. The fourth-order valence-electron chi connectivity index (χ4n) is 4.26. The fourth-order valence-corrected chi connectivity index (χ4v) is 4.55. The first-order valence-electron chi connectivity index (χ1n) is 12.4. The van der Waals surface area contributed by atoms with E-state index in [1.54, 1.807) is 4.90 Å². The van der Waals surface area contributed by atoms with Crippen molar-refractivity contribution in [2.45, 2.75) is 38.3 Å². The Morgan fingerprint density at radius 1 is 0.974 bits per heavy atom. The summed E-state index contributed by atoms with van der Waals surface area (Å²) in [5.74, 6) is 1.39. The molecule has 2 heterocycles. The molecule has 1 atom stereocenters. The van der Waals surface area contributed by atoms with Gasteiger partial charge in [-0.1, -0.05) is 67.2 Å². The standard InChI is InChI=1S/C29H28N4O4S/c1-4-25(34)33-22-14-10-9-13-21(22)26-27(30-29(38-3)32-31-26)37-28(33)20-15-16-23(24(17-20)35-5-2)36-18-19-11-7-6-8-12-19/h6-17,28H,4-5,18H2,1-3H3. The van der Waals surface area contributed by atoms with Crippen LogP contribution in [0.3, 0.4) is 0 Å². The van der Waals surface area contributed by atoms with Gasteiger partial charge in [0.2, 0.25) is 23.2 Å². The molecule has 1 aromatic heterocycles. The number of hydrogen-bond acceptors (Lipinski definition) is 8. The van der Waals surface area contributed by atoms with Gasteiger partial charge in [-0.25, -0.2) is 0 Å². The summed E-state index contributed by atoms with van der Waals surface area (Å²) in [6.07, 6.45) is 1.36. The number of nitrogens with zero attached hydrogens (tertiary/aromatic N) is 4. The van der Waals surface area contributed by atoms with Crippen molar-refractivity contribution in [1.29, 1.82) is 0 Å². The molecule has 4 aromatic rings. The quantitative estimate of drug-likeness (QED) is 0.255. The maximum absolute atomic E-state index is 13.4. The molecule has 38 heavy (non-hydrogen) atoms. The van der Waals surface area contributed by atoms with Crippen LogP contribution in [0, 0.1) is 0 Å². The Morgan fingerprint density at radius 2 is 1.76 bits per heavy atom. The minimum absolute atomic E-state index is 0.101. The van der Waals surface area contributed by atoms with Gasteiger partial charge in [0.25, 0.3) is 0 Å². The van der Waals surface area contributed by atoms with Crippen molar-refractivity contribution in [2.24, 2.45) is 0 Å². The zero-order valence-electron chi connectivity index (χ0n) is 21.5. The molecule has 1 aliphatic rings. The molecule has 0 N–H and O–H groups in total. The van der Waals surface area contributed by atoms with Crippen LogP contribution in [0.4, 0.5) is 5.69 Å². The van der Waals surface area contributed by atoms with E-state index in [0.717, 1.165) is 11.1 Å². The van der Waals surface area contributed by atoms with Gasteiger partial charge in [-0.2, -0.15) is 4.98 Å². The highest BCUT2D eigenvalue weighted by atomic mass is 32.2. The van der Waals surface area contributed by atoms with Gasteiger partial charge in [-0.05, 0) is 43.0 Å². The minimum Gasteiger partial charge on any atom is -0.490 e. The first kappa shape index (κ1) is 25.5. The van der Waals surface area contributed by atoms with Gasteiger partial charge in [-0.3, -0.25) is 9.69 Å². The summed E-state index contributed by atoms with van der Waals surface area (Å²) in [6, 6.07) is 23.1. The molecule has 0 aliphatic carbocycles. The molecular formula is C29H28N4O4S. The summed E-state index contributed by atoms with van der Waals surface area (Å²) < 4.78 is 18.5. The zero-order valence-corrected chi connectivity index (χ0v) is 22.3. The average Bonchev–Trinajstić information content (AvgIpc) is 3.11. The van der Waals surface area contributed by atoms with Gasteiger partial charge in [0.05, 0.1) is 12.3 Å². The van der Waals surface area contributed by atoms with Gasteiger partial charge < -0.3 is 14.2 Å². The molecule has 9 heteroatoms. The van der Waals surface area contributed by atoms with Crippen molar-refractivity contribution < 1.29 is 19.0 Å². The van der Waals surface area contributed by atoms with Crippen LogP contribution in [-0.2, 0) is 11.4 Å². The first-order valence-corrected chi connectivity index (χ1v) is 13.7. The van der Waals surface area contributed by atoms with Gasteiger partial charge in [0, 0.05) is 17.5 Å². The second-order valence-corrected chi connectivity index (χ2v) is 9.24. The topological polar surface area (TPSA) is 86.7 Å². The number of amides is 1. The van der Waals surface area contributed by atoms with Crippen LogP contribution >= 0.6 is 11.8 Å². The number of anilines is 1. The van der Waals surface area contributed by atoms with Crippen molar-refractivity contribution in [2.75, 3.05) is 17.8 Å². The molecule has 0 fully saturated rings. The summed E-state index contributed by atoms with van der Waals surface area (Å²) in [5, 5.41) is 9.11. The van der Waals surface area contributed by atoms with E-state index < -0.39 is 6.23 Å². The van der Waals surface area contributed by atoms with E-state index in [2.05, 4.69) is 15.2 Å². The largest absolute Gasteiger partial charge is 0.490 e. The maximum Gasteiger partial charge on any atom is 0.247 e. The number of carbonyl (C=O) groups is 1. The second kappa shape index (κ2) is 11.5.